The van der Waals surface area contributed by atoms with Crippen molar-refractivity contribution in [3.8, 4) is 0 Å². The lowest BCUT2D eigenvalue weighted by Crippen LogP contribution is -1.98. The second-order valence-electron chi connectivity index (χ2n) is 4.87. The van der Waals surface area contributed by atoms with Gasteiger partial charge in [-0.05, 0) is 38.8 Å². The Morgan fingerprint density at radius 1 is 0.810 bits per heavy atom. The van der Waals surface area contributed by atoms with E-state index in [-0.39, 0.29) is 11.4 Å². The fourth-order valence-corrected chi connectivity index (χ4v) is 3.42. The number of carboxylic acid groups (broad SMARTS) is 2. The number of nitrogens with one attached hydrogen (secondary N) is 2. The van der Waals surface area contributed by atoms with Gasteiger partial charge in [-0.15, -0.1) is 0 Å². The van der Waals surface area contributed by atoms with Crippen LogP contribution in [0.1, 0.15) is 43.5 Å². The normalized spacial score (nSPS) is 10.9. The zero-order valence-electron chi connectivity index (χ0n) is 12.1. The number of hydrogen-bond donors (Lipinski definition) is 4. The van der Waals surface area contributed by atoms with Gasteiger partial charge in [0.25, 0.3) is 0 Å². The van der Waals surface area contributed by atoms with Gasteiger partial charge in [-0.2, -0.15) is 0 Å². The smallest absolute Gasteiger partial charge is 0.352 e. The van der Waals surface area contributed by atoms with Crippen LogP contribution < -0.4 is 0 Å². The molecule has 0 aliphatic heterocycles. The molecule has 2 aromatic heterocycles. The molecule has 0 aromatic carbocycles. The van der Waals surface area contributed by atoms with Gasteiger partial charge in [0.15, 0.2) is 0 Å². The van der Waals surface area contributed by atoms with Crippen molar-refractivity contribution < 1.29 is 19.8 Å². The number of aromatic nitrogens is 2. The van der Waals surface area contributed by atoms with Gasteiger partial charge in [-0.1, -0.05) is 11.8 Å². The summed E-state index contributed by atoms with van der Waals surface area (Å²) in [4.78, 5) is 29.6. The van der Waals surface area contributed by atoms with Crippen molar-refractivity contribution in [2.75, 3.05) is 0 Å². The number of rotatable bonds is 4. The summed E-state index contributed by atoms with van der Waals surface area (Å²) in [5, 5.41) is 18.3. The van der Waals surface area contributed by atoms with E-state index in [4.69, 9.17) is 10.2 Å². The number of aryl methyl sites for hydroxylation is 2. The summed E-state index contributed by atoms with van der Waals surface area (Å²) in [6.07, 6.45) is 0. The van der Waals surface area contributed by atoms with E-state index in [0.29, 0.717) is 11.1 Å². The van der Waals surface area contributed by atoms with Gasteiger partial charge in [0.05, 0.1) is 0 Å². The van der Waals surface area contributed by atoms with E-state index >= 15 is 0 Å². The number of hydrogen-bond acceptors (Lipinski definition) is 3. The first-order chi connectivity index (χ1) is 9.73. The second kappa shape index (κ2) is 5.33. The van der Waals surface area contributed by atoms with Gasteiger partial charge in [0.2, 0.25) is 0 Å². The molecular weight excluding hydrogens is 292 g/mol. The van der Waals surface area contributed by atoms with Crippen LogP contribution in [-0.4, -0.2) is 32.1 Å². The van der Waals surface area contributed by atoms with Crippen LogP contribution in [0.4, 0.5) is 0 Å². The van der Waals surface area contributed by atoms with Gasteiger partial charge in [0.1, 0.15) is 11.4 Å². The summed E-state index contributed by atoms with van der Waals surface area (Å²) in [7, 11) is 0. The SMILES string of the molecule is Cc1[nH]c(C(=O)O)c(C)c1Sc1c(C)[nH]c(C(=O)O)c1C. The van der Waals surface area contributed by atoms with Gasteiger partial charge in [0, 0.05) is 21.2 Å². The molecule has 0 atom stereocenters. The van der Waals surface area contributed by atoms with Crippen LogP contribution in [-0.2, 0) is 0 Å². The fourth-order valence-electron chi connectivity index (χ4n) is 2.30. The van der Waals surface area contributed by atoms with Gasteiger partial charge < -0.3 is 20.2 Å². The topological polar surface area (TPSA) is 106 Å². The lowest BCUT2D eigenvalue weighted by atomic mass is 10.2. The summed E-state index contributed by atoms with van der Waals surface area (Å²) in [6, 6.07) is 0. The summed E-state index contributed by atoms with van der Waals surface area (Å²) in [5.74, 6) is -2.01. The van der Waals surface area contributed by atoms with E-state index in [1.807, 2.05) is 0 Å². The van der Waals surface area contributed by atoms with E-state index in [9.17, 15) is 9.59 Å². The molecule has 4 N–H and O–H groups in total. The average molecular weight is 308 g/mol. The maximum absolute atomic E-state index is 11.1. The van der Waals surface area contributed by atoms with E-state index < -0.39 is 11.9 Å². The summed E-state index contributed by atoms with van der Waals surface area (Å²) < 4.78 is 0. The molecule has 112 valence electrons. The highest BCUT2D eigenvalue weighted by Crippen LogP contribution is 2.39. The molecule has 0 spiro atoms. The standard InChI is InChI=1S/C14H16N2O4S/c1-5-9(13(17)18)15-7(3)11(5)21-12-6(2)10(14(19)20)16-8(12)4/h15-16H,1-4H3,(H,17,18)(H,19,20). The van der Waals surface area contributed by atoms with Gasteiger partial charge in [-0.25, -0.2) is 9.59 Å². The third-order valence-corrected chi connectivity index (χ3v) is 5.00. The highest BCUT2D eigenvalue weighted by atomic mass is 32.2. The molecular formula is C14H16N2O4S. The minimum absolute atomic E-state index is 0.166. The molecule has 0 bridgehead atoms. The molecule has 6 nitrogen and oxygen atoms in total. The molecule has 0 aliphatic rings. The van der Waals surface area contributed by atoms with Gasteiger partial charge in [-0.3, -0.25) is 0 Å². The molecule has 2 aromatic rings. The van der Waals surface area contributed by atoms with Crippen molar-refractivity contribution in [3.05, 3.63) is 33.9 Å². The first-order valence-electron chi connectivity index (χ1n) is 6.26. The van der Waals surface area contributed by atoms with Crippen molar-refractivity contribution in [2.45, 2.75) is 37.5 Å². The molecule has 2 heterocycles. The first kappa shape index (κ1) is 15.2. The van der Waals surface area contributed by atoms with Crippen LogP contribution in [0.25, 0.3) is 0 Å². The molecule has 0 amide bonds. The predicted molar refractivity (Wildman–Crippen MR) is 78.6 cm³/mol. The highest BCUT2D eigenvalue weighted by molar-refractivity contribution is 7.99. The van der Waals surface area contributed by atoms with Crippen LogP contribution in [0.5, 0.6) is 0 Å². The Morgan fingerprint density at radius 2 is 1.14 bits per heavy atom. The van der Waals surface area contributed by atoms with Crippen molar-refractivity contribution in [1.82, 2.24) is 9.97 Å². The summed E-state index contributed by atoms with van der Waals surface area (Å²) in [5.41, 5.74) is 3.15. The largest absolute Gasteiger partial charge is 0.477 e. The minimum Gasteiger partial charge on any atom is -0.477 e. The number of aromatic carboxylic acids is 2. The lowest BCUT2D eigenvalue weighted by molar-refractivity contribution is 0.0679. The molecule has 0 saturated carbocycles. The maximum Gasteiger partial charge on any atom is 0.352 e. The van der Waals surface area contributed by atoms with E-state index in [0.717, 1.165) is 21.2 Å². The van der Waals surface area contributed by atoms with Gasteiger partial charge >= 0.3 is 11.9 Å². The van der Waals surface area contributed by atoms with Crippen LogP contribution in [0.15, 0.2) is 9.79 Å². The molecule has 0 aliphatic carbocycles. The second-order valence-corrected chi connectivity index (χ2v) is 5.89. The van der Waals surface area contributed by atoms with E-state index in [1.54, 1.807) is 27.7 Å². The zero-order valence-corrected chi connectivity index (χ0v) is 12.9. The van der Waals surface area contributed by atoms with E-state index in [1.165, 1.54) is 11.8 Å². The van der Waals surface area contributed by atoms with Crippen molar-refractivity contribution in [3.63, 3.8) is 0 Å². The third-order valence-electron chi connectivity index (χ3n) is 3.37. The van der Waals surface area contributed by atoms with Crippen LogP contribution in [0.3, 0.4) is 0 Å². The quantitative estimate of drug-likeness (QED) is 0.694. The lowest BCUT2D eigenvalue weighted by Gasteiger charge is -2.04. The van der Waals surface area contributed by atoms with Crippen LogP contribution >= 0.6 is 11.8 Å². The monoisotopic (exact) mass is 308 g/mol. The maximum atomic E-state index is 11.1. The Labute approximate surface area is 125 Å². The Balaban J connectivity index is 2.49. The molecule has 7 heteroatoms. The summed E-state index contributed by atoms with van der Waals surface area (Å²) in [6.45, 7) is 7.09. The number of carboxylic acids is 2. The minimum atomic E-state index is -1.00. The Kier molecular flexibility index (Phi) is 3.87. The fraction of sp³-hybridized carbons (Fsp3) is 0.286. The first-order valence-corrected chi connectivity index (χ1v) is 7.08. The molecule has 0 saturated heterocycles. The molecule has 0 radical (unpaired) electrons. The third kappa shape index (κ3) is 2.56. The predicted octanol–water partition coefficient (Wildman–Crippen LogP) is 3.12. The van der Waals surface area contributed by atoms with E-state index in [2.05, 4.69) is 9.97 Å². The Hall–Kier alpha value is -2.15. The summed E-state index contributed by atoms with van der Waals surface area (Å²) >= 11 is 1.38. The number of carbonyl (C=O) groups is 2. The average Bonchev–Trinajstić information content (AvgIpc) is 2.82. The van der Waals surface area contributed by atoms with Crippen LogP contribution in [0.2, 0.25) is 0 Å². The number of H-pyrrole nitrogens is 2. The van der Waals surface area contributed by atoms with Crippen LogP contribution in [0, 0.1) is 27.7 Å². The van der Waals surface area contributed by atoms with Crippen molar-refractivity contribution >= 4 is 23.7 Å². The molecule has 0 fully saturated rings. The van der Waals surface area contributed by atoms with Crippen molar-refractivity contribution in [2.24, 2.45) is 0 Å². The molecule has 0 unspecified atom stereocenters. The molecule has 21 heavy (non-hydrogen) atoms. The Morgan fingerprint density at radius 3 is 1.38 bits per heavy atom. The van der Waals surface area contributed by atoms with Crippen molar-refractivity contribution in [1.29, 1.82) is 0 Å². The Bertz CT molecular complexity index is 680. The molecule has 2 rings (SSSR count). The number of aromatic amines is 2. The highest BCUT2D eigenvalue weighted by Gasteiger charge is 2.22. The zero-order chi connectivity index (χ0) is 15.9.